The van der Waals surface area contributed by atoms with Gasteiger partial charge >= 0.3 is 0 Å². The van der Waals surface area contributed by atoms with Gasteiger partial charge in [0.1, 0.15) is 11.9 Å². The first-order valence-corrected chi connectivity index (χ1v) is 13.7. The molecule has 1 aliphatic rings. The molecular weight excluding hydrogens is 596 g/mol. The van der Waals surface area contributed by atoms with Gasteiger partial charge in [0.2, 0.25) is 15.9 Å². The molecular formula is C26H21FIN3O4S. The number of nitrogens with one attached hydrogen (secondary N) is 1. The summed E-state index contributed by atoms with van der Waals surface area (Å²) >= 11 is 2.12. The third-order valence-electron chi connectivity index (χ3n) is 6.25. The summed E-state index contributed by atoms with van der Waals surface area (Å²) in [4.78, 5) is 30.5. The van der Waals surface area contributed by atoms with Gasteiger partial charge in [-0.2, -0.15) is 4.31 Å². The molecule has 3 aromatic carbocycles. The van der Waals surface area contributed by atoms with Gasteiger partial charge in [0.05, 0.1) is 17.0 Å². The lowest BCUT2D eigenvalue weighted by Gasteiger charge is -2.27. The number of H-pyrrole nitrogens is 1. The van der Waals surface area contributed by atoms with Gasteiger partial charge < -0.3 is 4.98 Å². The molecule has 0 spiro atoms. The predicted molar refractivity (Wildman–Crippen MR) is 142 cm³/mol. The number of halogens is 2. The number of carbonyl (C=O) groups excluding carboxylic acids is 2. The summed E-state index contributed by atoms with van der Waals surface area (Å²) in [6, 6.07) is 17.7. The van der Waals surface area contributed by atoms with E-state index in [1.807, 2.05) is 30.5 Å². The number of aromatic nitrogens is 1. The second kappa shape index (κ2) is 9.75. The van der Waals surface area contributed by atoms with E-state index in [1.54, 1.807) is 24.3 Å². The molecule has 0 bridgehead atoms. The number of carbonyl (C=O) groups is 2. The molecule has 10 heteroatoms. The maximum absolute atomic E-state index is 13.7. The molecule has 1 unspecified atom stereocenters. The number of anilines is 1. The highest BCUT2D eigenvalue weighted by molar-refractivity contribution is 14.1. The Bertz CT molecular complexity index is 1550. The molecule has 1 N–H and O–H groups in total. The highest BCUT2D eigenvalue weighted by Crippen LogP contribution is 2.30. The summed E-state index contributed by atoms with van der Waals surface area (Å²) in [5, 5.41) is 0.950. The second-order valence-corrected chi connectivity index (χ2v) is 11.6. The minimum atomic E-state index is -4.22. The number of hydrogen-bond donors (Lipinski definition) is 1. The summed E-state index contributed by atoms with van der Waals surface area (Å²) in [7, 11) is -4.22. The van der Waals surface area contributed by atoms with E-state index in [1.165, 1.54) is 12.1 Å². The van der Waals surface area contributed by atoms with E-state index in [0.29, 0.717) is 12.1 Å². The molecule has 0 radical (unpaired) electrons. The molecule has 2 heterocycles. The molecule has 0 aliphatic carbocycles. The molecule has 1 saturated heterocycles. The number of amides is 2. The van der Waals surface area contributed by atoms with Gasteiger partial charge in [-0.3, -0.25) is 9.59 Å². The van der Waals surface area contributed by atoms with Crippen molar-refractivity contribution in [1.29, 1.82) is 0 Å². The number of hydrogen-bond acceptors (Lipinski definition) is 4. The van der Waals surface area contributed by atoms with E-state index in [4.69, 9.17) is 0 Å². The van der Waals surface area contributed by atoms with Crippen molar-refractivity contribution in [2.75, 3.05) is 11.4 Å². The van der Waals surface area contributed by atoms with Crippen LogP contribution in [0.2, 0.25) is 0 Å². The topological polar surface area (TPSA) is 90.5 Å². The quantitative estimate of drug-likeness (QED) is 0.245. The van der Waals surface area contributed by atoms with E-state index in [-0.39, 0.29) is 17.9 Å². The van der Waals surface area contributed by atoms with Crippen molar-refractivity contribution in [3.8, 4) is 0 Å². The first-order valence-electron chi connectivity index (χ1n) is 11.2. The Morgan fingerprint density at radius 1 is 1.00 bits per heavy atom. The Morgan fingerprint density at radius 3 is 2.42 bits per heavy atom. The lowest BCUT2D eigenvalue weighted by Crippen LogP contribution is -2.46. The predicted octanol–water partition coefficient (Wildman–Crippen LogP) is 4.48. The van der Waals surface area contributed by atoms with Crippen LogP contribution >= 0.6 is 22.6 Å². The SMILES string of the molecule is O=C1CC(N(CCc2c[nH]c3ccccc23)S(=O)(=O)c2ccc(F)cc2)C(=O)N1c1ccc(I)cc1. The van der Waals surface area contributed by atoms with Gasteiger partial charge in [0, 0.05) is 27.2 Å². The zero-order chi connectivity index (χ0) is 25.4. The molecule has 2 amide bonds. The van der Waals surface area contributed by atoms with Crippen LogP contribution in [-0.2, 0) is 26.0 Å². The Morgan fingerprint density at radius 2 is 1.69 bits per heavy atom. The fourth-order valence-electron chi connectivity index (χ4n) is 4.46. The maximum atomic E-state index is 13.7. The van der Waals surface area contributed by atoms with Crippen LogP contribution in [0, 0.1) is 9.39 Å². The van der Waals surface area contributed by atoms with Crippen molar-refractivity contribution in [2.45, 2.75) is 23.8 Å². The Labute approximate surface area is 221 Å². The molecule has 184 valence electrons. The summed E-state index contributed by atoms with van der Waals surface area (Å²) in [5.74, 6) is -1.65. The standard InChI is InChI=1S/C26H21FIN3O4S/c27-18-5-11-21(12-6-18)36(34,35)30(14-13-17-16-29-23-4-2-1-3-22(17)23)24-15-25(32)31(26(24)33)20-9-7-19(28)8-10-20/h1-12,16,24,29H,13-15H2. The smallest absolute Gasteiger partial charge is 0.252 e. The van der Waals surface area contributed by atoms with Crippen LogP contribution in [0.1, 0.15) is 12.0 Å². The molecule has 1 atom stereocenters. The van der Waals surface area contributed by atoms with Crippen molar-refractivity contribution in [1.82, 2.24) is 9.29 Å². The third-order valence-corrected chi connectivity index (χ3v) is 8.89. The summed E-state index contributed by atoms with van der Waals surface area (Å²) in [5.41, 5.74) is 2.19. The summed E-state index contributed by atoms with van der Waals surface area (Å²) in [6.07, 6.45) is 1.85. The van der Waals surface area contributed by atoms with Crippen LogP contribution in [0.3, 0.4) is 0 Å². The Kier molecular flexibility index (Phi) is 6.66. The summed E-state index contributed by atoms with van der Waals surface area (Å²) in [6.45, 7) is -0.0359. The molecule has 1 aromatic heterocycles. The van der Waals surface area contributed by atoms with Crippen LogP contribution in [0.25, 0.3) is 10.9 Å². The van der Waals surface area contributed by atoms with Crippen LogP contribution < -0.4 is 4.90 Å². The van der Waals surface area contributed by atoms with Gasteiger partial charge in [-0.25, -0.2) is 17.7 Å². The normalized spacial score (nSPS) is 16.4. The van der Waals surface area contributed by atoms with Gasteiger partial charge in [-0.05, 0) is 89.2 Å². The molecule has 1 aliphatic heterocycles. The Balaban J connectivity index is 1.51. The van der Waals surface area contributed by atoms with E-state index in [9.17, 15) is 22.4 Å². The number of fused-ring (bicyclic) bond motifs is 1. The van der Waals surface area contributed by atoms with Gasteiger partial charge in [0.25, 0.3) is 5.91 Å². The molecule has 5 rings (SSSR count). The third kappa shape index (κ3) is 4.56. The van der Waals surface area contributed by atoms with Crippen LogP contribution in [-0.4, -0.2) is 42.1 Å². The number of aromatic amines is 1. The fraction of sp³-hybridized carbons (Fsp3) is 0.154. The molecule has 4 aromatic rings. The van der Waals surface area contributed by atoms with Gasteiger partial charge in [-0.1, -0.05) is 18.2 Å². The molecule has 1 fully saturated rings. The van der Waals surface area contributed by atoms with Crippen molar-refractivity contribution in [3.63, 3.8) is 0 Å². The number of para-hydroxylation sites is 1. The lowest BCUT2D eigenvalue weighted by molar-refractivity contribution is -0.122. The van der Waals surface area contributed by atoms with E-state index in [2.05, 4.69) is 27.6 Å². The van der Waals surface area contributed by atoms with Crippen LogP contribution in [0.5, 0.6) is 0 Å². The highest BCUT2D eigenvalue weighted by atomic mass is 127. The number of sulfonamides is 1. The van der Waals surface area contributed by atoms with Crippen LogP contribution in [0.15, 0.2) is 83.9 Å². The zero-order valence-electron chi connectivity index (χ0n) is 18.9. The van der Waals surface area contributed by atoms with Crippen molar-refractivity contribution < 1.29 is 22.4 Å². The van der Waals surface area contributed by atoms with E-state index < -0.39 is 33.7 Å². The maximum Gasteiger partial charge on any atom is 0.252 e. The van der Waals surface area contributed by atoms with Crippen molar-refractivity contribution in [2.24, 2.45) is 0 Å². The number of imide groups is 1. The number of benzene rings is 3. The van der Waals surface area contributed by atoms with Gasteiger partial charge in [0.15, 0.2) is 0 Å². The largest absolute Gasteiger partial charge is 0.361 e. The fourth-order valence-corrected chi connectivity index (χ4v) is 6.40. The summed E-state index contributed by atoms with van der Waals surface area (Å²) < 4.78 is 42.9. The van der Waals surface area contributed by atoms with Crippen molar-refractivity contribution >= 4 is 61.0 Å². The molecule has 7 nitrogen and oxygen atoms in total. The zero-order valence-corrected chi connectivity index (χ0v) is 21.9. The highest BCUT2D eigenvalue weighted by Gasteiger charge is 2.46. The first-order chi connectivity index (χ1) is 17.3. The number of nitrogens with zero attached hydrogens (tertiary/aromatic N) is 2. The molecule has 36 heavy (non-hydrogen) atoms. The molecule has 0 saturated carbocycles. The van der Waals surface area contributed by atoms with Gasteiger partial charge in [-0.15, -0.1) is 0 Å². The monoisotopic (exact) mass is 617 g/mol. The minimum absolute atomic E-state index is 0.0359. The Hall–Kier alpha value is -3.09. The van der Waals surface area contributed by atoms with Crippen LogP contribution in [0.4, 0.5) is 10.1 Å². The average molecular weight is 617 g/mol. The van der Waals surface area contributed by atoms with E-state index in [0.717, 1.165) is 41.4 Å². The minimum Gasteiger partial charge on any atom is -0.361 e. The number of rotatable bonds is 7. The average Bonchev–Trinajstić information content (AvgIpc) is 3.40. The van der Waals surface area contributed by atoms with Crippen molar-refractivity contribution in [3.05, 3.63) is 93.9 Å². The first kappa shape index (κ1) is 24.6. The lowest BCUT2D eigenvalue weighted by atomic mass is 10.1. The second-order valence-electron chi connectivity index (χ2n) is 8.44. The van der Waals surface area contributed by atoms with E-state index >= 15 is 0 Å².